The molecule has 0 bridgehead atoms. The lowest BCUT2D eigenvalue weighted by molar-refractivity contribution is -0.118. The summed E-state index contributed by atoms with van der Waals surface area (Å²) in [4.78, 5) is 18.7. The Hall–Kier alpha value is -2.18. The topological polar surface area (TPSA) is 70.4 Å². The number of aliphatic hydroxyl groups excluding tert-OH is 1. The predicted molar refractivity (Wildman–Crippen MR) is 97.1 cm³/mol. The Morgan fingerprint density at radius 1 is 1.44 bits per heavy atom. The predicted octanol–water partition coefficient (Wildman–Crippen LogP) is 2.11. The van der Waals surface area contributed by atoms with Gasteiger partial charge in [0, 0.05) is 37.6 Å². The number of aromatic nitrogens is 2. The average Bonchev–Trinajstić information content (AvgIpc) is 3.02. The summed E-state index contributed by atoms with van der Waals surface area (Å²) in [5, 5.41) is 13.6. The van der Waals surface area contributed by atoms with E-state index < -0.39 is 6.10 Å². The number of piperidine rings is 1. The van der Waals surface area contributed by atoms with E-state index in [0.29, 0.717) is 18.9 Å². The standard InChI is InChI=1S/C19H26N4O2/c1-14-6-3-4-8-16(14)21-17(24)13-23-10-5-7-15(12-23)18(25)19-20-9-11-22(19)2/h3-4,6,8-9,11,15,18,25H,5,7,10,12-13H2,1-2H3,(H,21,24)/t15-,18+/m1/s1. The number of hydrogen-bond donors (Lipinski definition) is 2. The van der Waals surface area contributed by atoms with Crippen LogP contribution >= 0.6 is 0 Å². The van der Waals surface area contributed by atoms with E-state index in [-0.39, 0.29) is 11.8 Å². The molecule has 25 heavy (non-hydrogen) atoms. The molecule has 2 N–H and O–H groups in total. The molecule has 2 heterocycles. The Morgan fingerprint density at radius 2 is 2.24 bits per heavy atom. The summed E-state index contributed by atoms with van der Waals surface area (Å²) in [6, 6.07) is 7.77. The van der Waals surface area contributed by atoms with Crippen LogP contribution in [0.15, 0.2) is 36.7 Å². The molecule has 1 saturated heterocycles. The average molecular weight is 342 g/mol. The minimum atomic E-state index is -0.595. The summed E-state index contributed by atoms with van der Waals surface area (Å²) in [5.41, 5.74) is 1.91. The van der Waals surface area contributed by atoms with Gasteiger partial charge in [0.25, 0.3) is 0 Å². The molecular weight excluding hydrogens is 316 g/mol. The van der Waals surface area contributed by atoms with Crippen molar-refractivity contribution in [1.82, 2.24) is 14.5 Å². The molecular formula is C19H26N4O2. The summed E-state index contributed by atoms with van der Waals surface area (Å²) in [5.74, 6) is 0.777. The molecule has 1 aromatic carbocycles. The highest BCUT2D eigenvalue weighted by Crippen LogP contribution is 2.28. The maximum atomic E-state index is 12.4. The number of para-hydroxylation sites is 1. The van der Waals surface area contributed by atoms with Crippen LogP contribution in [-0.4, -0.2) is 45.1 Å². The van der Waals surface area contributed by atoms with Gasteiger partial charge in [0.05, 0.1) is 6.54 Å². The number of anilines is 1. The van der Waals surface area contributed by atoms with E-state index in [2.05, 4.69) is 15.2 Å². The van der Waals surface area contributed by atoms with Gasteiger partial charge in [-0.25, -0.2) is 4.98 Å². The third-order valence-electron chi connectivity index (χ3n) is 4.90. The maximum Gasteiger partial charge on any atom is 0.238 e. The molecule has 0 spiro atoms. The number of aliphatic hydroxyl groups is 1. The number of rotatable bonds is 5. The lowest BCUT2D eigenvalue weighted by Crippen LogP contribution is -2.42. The summed E-state index contributed by atoms with van der Waals surface area (Å²) in [7, 11) is 1.89. The second-order valence-corrected chi connectivity index (χ2v) is 6.84. The fourth-order valence-electron chi connectivity index (χ4n) is 3.47. The summed E-state index contributed by atoms with van der Waals surface area (Å²) in [6.07, 6.45) is 4.87. The Balaban J connectivity index is 1.57. The van der Waals surface area contributed by atoms with Gasteiger partial charge in [-0.15, -0.1) is 0 Å². The number of hydrogen-bond acceptors (Lipinski definition) is 4. The first kappa shape index (κ1) is 17.6. The molecule has 0 unspecified atom stereocenters. The Labute approximate surface area is 148 Å². The van der Waals surface area contributed by atoms with Crippen molar-refractivity contribution in [2.75, 3.05) is 25.0 Å². The molecule has 1 aliphatic heterocycles. The molecule has 1 amide bonds. The first-order valence-corrected chi connectivity index (χ1v) is 8.77. The highest BCUT2D eigenvalue weighted by Gasteiger charge is 2.29. The highest BCUT2D eigenvalue weighted by atomic mass is 16.3. The van der Waals surface area contributed by atoms with Crippen LogP contribution in [0.4, 0.5) is 5.69 Å². The van der Waals surface area contributed by atoms with Gasteiger partial charge in [-0.1, -0.05) is 18.2 Å². The number of nitrogens with one attached hydrogen (secondary N) is 1. The van der Waals surface area contributed by atoms with E-state index in [1.165, 1.54) is 0 Å². The minimum absolute atomic E-state index is 0.0126. The molecule has 0 saturated carbocycles. The van der Waals surface area contributed by atoms with Gasteiger partial charge in [0.2, 0.25) is 5.91 Å². The lowest BCUT2D eigenvalue weighted by atomic mass is 9.92. The molecule has 6 heteroatoms. The van der Waals surface area contributed by atoms with Gasteiger partial charge >= 0.3 is 0 Å². The fourth-order valence-corrected chi connectivity index (χ4v) is 3.47. The van der Waals surface area contributed by atoms with Crippen molar-refractivity contribution in [1.29, 1.82) is 0 Å². The molecule has 0 radical (unpaired) electrons. The quantitative estimate of drug-likeness (QED) is 0.873. The van der Waals surface area contributed by atoms with E-state index in [1.807, 2.05) is 49.0 Å². The van der Waals surface area contributed by atoms with Crippen LogP contribution < -0.4 is 5.32 Å². The molecule has 2 aromatic rings. The van der Waals surface area contributed by atoms with Crippen molar-refractivity contribution in [2.24, 2.45) is 13.0 Å². The molecule has 6 nitrogen and oxygen atoms in total. The lowest BCUT2D eigenvalue weighted by Gasteiger charge is -2.34. The van der Waals surface area contributed by atoms with Crippen molar-refractivity contribution in [3.05, 3.63) is 48.0 Å². The zero-order valence-corrected chi connectivity index (χ0v) is 14.9. The van der Waals surface area contributed by atoms with Crippen LogP contribution in [0.5, 0.6) is 0 Å². The first-order valence-electron chi connectivity index (χ1n) is 8.77. The molecule has 2 atom stereocenters. The monoisotopic (exact) mass is 342 g/mol. The van der Waals surface area contributed by atoms with Gasteiger partial charge in [0.15, 0.2) is 0 Å². The van der Waals surface area contributed by atoms with Crippen LogP contribution in [0.1, 0.15) is 30.3 Å². The largest absolute Gasteiger partial charge is 0.385 e. The van der Waals surface area contributed by atoms with Gasteiger partial charge in [-0.3, -0.25) is 9.69 Å². The Kier molecular flexibility index (Phi) is 5.50. The van der Waals surface area contributed by atoms with E-state index >= 15 is 0 Å². The van der Waals surface area contributed by atoms with Crippen LogP contribution in [0.2, 0.25) is 0 Å². The van der Waals surface area contributed by atoms with Crippen LogP contribution in [0.25, 0.3) is 0 Å². The van der Waals surface area contributed by atoms with Crippen molar-refractivity contribution in [3.8, 4) is 0 Å². The summed E-state index contributed by atoms with van der Waals surface area (Å²) >= 11 is 0. The third kappa shape index (κ3) is 4.27. The van der Waals surface area contributed by atoms with E-state index in [9.17, 15) is 9.90 Å². The normalized spacial score (nSPS) is 19.6. The molecule has 134 valence electrons. The first-order chi connectivity index (χ1) is 12.0. The van der Waals surface area contributed by atoms with Crippen LogP contribution in [0, 0.1) is 12.8 Å². The zero-order chi connectivity index (χ0) is 17.8. The number of amides is 1. The van der Waals surface area contributed by atoms with E-state index in [1.54, 1.807) is 6.20 Å². The highest BCUT2D eigenvalue weighted by molar-refractivity contribution is 5.92. The number of nitrogens with zero attached hydrogens (tertiary/aromatic N) is 3. The van der Waals surface area contributed by atoms with Crippen molar-refractivity contribution < 1.29 is 9.90 Å². The Bertz CT molecular complexity index is 728. The number of benzene rings is 1. The zero-order valence-electron chi connectivity index (χ0n) is 14.9. The molecule has 0 aliphatic carbocycles. The Morgan fingerprint density at radius 3 is 2.96 bits per heavy atom. The fraction of sp³-hybridized carbons (Fsp3) is 0.474. The second-order valence-electron chi connectivity index (χ2n) is 6.84. The molecule has 3 rings (SSSR count). The number of carbonyl (C=O) groups excluding carboxylic acids is 1. The number of aryl methyl sites for hydroxylation is 2. The third-order valence-corrected chi connectivity index (χ3v) is 4.90. The van der Waals surface area contributed by atoms with Gasteiger partial charge in [-0.2, -0.15) is 0 Å². The van der Waals surface area contributed by atoms with Gasteiger partial charge in [0.1, 0.15) is 11.9 Å². The van der Waals surface area contributed by atoms with Crippen LogP contribution in [-0.2, 0) is 11.8 Å². The summed E-state index contributed by atoms with van der Waals surface area (Å²) in [6.45, 7) is 3.91. The molecule has 1 fully saturated rings. The number of imidazole rings is 1. The molecule has 1 aromatic heterocycles. The number of carbonyl (C=O) groups is 1. The van der Waals surface area contributed by atoms with E-state index in [4.69, 9.17) is 0 Å². The SMILES string of the molecule is Cc1ccccc1NC(=O)CN1CCC[C@@H]([C@H](O)c2nccn2C)C1. The van der Waals surface area contributed by atoms with Crippen molar-refractivity contribution >= 4 is 11.6 Å². The van der Waals surface area contributed by atoms with Crippen LogP contribution in [0.3, 0.4) is 0 Å². The molecule has 1 aliphatic rings. The van der Waals surface area contributed by atoms with Crippen molar-refractivity contribution in [3.63, 3.8) is 0 Å². The second kappa shape index (κ2) is 7.80. The van der Waals surface area contributed by atoms with Crippen molar-refractivity contribution in [2.45, 2.75) is 25.9 Å². The van der Waals surface area contributed by atoms with Gasteiger partial charge < -0.3 is 15.0 Å². The number of likely N-dealkylation sites (tertiary alicyclic amines) is 1. The maximum absolute atomic E-state index is 12.4. The summed E-state index contributed by atoms with van der Waals surface area (Å²) < 4.78 is 1.86. The van der Waals surface area contributed by atoms with E-state index in [0.717, 1.165) is 30.6 Å². The minimum Gasteiger partial charge on any atom is -0.385 e. The smallest absolute Gasteiger partial charge is 0.238 e. The van der Waals surface area contributed by atoms with Gasteiger partial charge in [-0.05, 0) is 37.9 Å².